The largest absolute Gasteiger partial charge is 0.388 e. The third-order valence-corrected chi connectivity index (χ3v) is 5.35. The van der Waals surface area contributed by atoms with Gasteiger partial charge in [0.05, 0.1) is 17.4 Å². The van der Waals surface area contributed by atoms with Crippen LogP contribution in [0.1, 0.15) is 29.8 Å². The minimum absolute atomic E-state index is 0.0920. The van der Waals surface area contributed by atoms with Gasteiger partial charge in [-0.1, -0.05) is 109 Å². The molecule has 0 aliphatic heterocycles. The zero-order valence-electron chi connectivity index (χ0n) is 17.2. The van der Waals surface area contributed by atoms with Gasteiger partial charge >= 0.3 is 0 Å². The predicted octanol–water partition coefficient (Wildman–Crippen LogP) is 6.70. The summed E-state index contributed by atoms with van der Waals surface area (Å²) in [6.07, 6.45) is 3.35. The molecule has 0 aliphatic rings. The topological polar surface area (TPSA) is 46.3 Å². The Morgan fingerprint density at radius 1 is 0.800 bits per heavy atom. The second-order valence-corrected chi connectivity index (χ2v) is 7.53. The van der Waals surface area contributed by atoms with Crippen LogP contribution in [0.3, 0.4) is 0 Å². The monoisotopic (exact) mass is 395 g/mol. The van der Waals surface area contributed by atoms with E-state index < -0.39 is 6.10 Å². The fourth-order valence-electron chi connectivity index (χ4n) is 3.57. The maximum absolute atomic E-state index is 11.1. The number of hydrogen-bond acceptors (Lipinski definition) is 3. The molecule has 30 heavy (non-hydrogen) atoms. The summed E-state index contributed by atoms with van der Waals surface area (Å²) >= 11 is 0. The van der Waals surface area contributed by atoms with Gasteiger partial charge in [-0.2, -0.15) is 0 Å². The summed E-state index contributed by atoms with van der Waals surface area (Å²) in [6.45, 7) is 3.87. The van der Waals surface area contributed by atoms with Gasteiger partial charge in [0.2, 0.25) is 0 Å². The molecule has 4 rings (SSSR count). The van der Waals surface area contributed by atoms with Crippen LogP contribution in [0.25, 0.3) is 28.5 Å². The third kappa shape index (κ3) is 4.27. The van der Waals surface area contributed by atoms with Crippen LogP contribution < -0.4 is 0 Å². The van der Waals surface area contributed by atoms with Crippen LogP contribution in [0.2, 0.25) is 0 Å². The fourth-order valence-corrected chi connectivity index (χ4v) is 3.57. The molecular weight excluding hydrogens is 370 g/mol. The number of nitrogens with zero attached hydrogens (tertiary/aromatic N) is 1. The maximum Gasteiger partial charge on any atom is 0.172 e. The van der Waals surface area contributed by atoms with Gasteiger partial charge in [-0.05, 0) is 23.6 Å². The lowest BCUT2D eigenvalue weighted by atomic mass is 9.92. The molecule has 1 heterocycles. The third-order valence-electron chi connectivity index (χ3n) is 5.35. The molecule has 1 N–H and O–H groups in total. The van der Waals surface area contributed by atoms with E-state index in [1.807, 2.05) is 86.7 Å². The van der Waals surface area contributed by atoms with Crippen molar-refractivity contribution in [2.24, 2.45) is 5.92 Å². The van der Waals surface area contributed by atoms with Gasteiger partial charge in [-0.25, -0.2) is 0 Å². The first-order valence-corrected chi connectivity index (χ1v) is 10.2. The van der Waals surface area contributed by atoms with Crippen molar-refractivity contribution in [2.75, 3.05) is 0 Å². The van der Waals surface area contributed by atoms with Crippen LogP contribution in [-0.4, -0.2) is 10.3 Å². The van der Waals surface area contributed by atoms with Crippen molar-refractivity contribution in [3.63, 3.8) is 0 Å². The Morgan fingerprint density at radius 2 is 1.37 bits per heavy atom. The van der Waals surface area contributed by atoms with Crippen molar-refractivity contribution in [3.05, 3.63) is 108 Å². The van der Waals surface area contributed by atoms with Crippen LogP contribution in [0.15, 0.2) is 95.5 Å². The molecule has 2 unspecified atom stereocenters. The van der Waals surface area contributed by atoms with E-state index in [2.05, 4.69) is 29.4 Å². The van der Waals surface area contributed by atoms with Crippen molar-refractivity contribution >= 4 is 6.08 Å². The highest BCUT2D eigenvalue weighted by molar-refractivity contribution is 5.70. The molecule has 0 spiro atoms. The normalized spacial score (nSPS) is 13.4. The Bertz CT molecular complexity index is 1110. The van der Waals surface area contributed by atoms with E-state index in [0.29, 0.717) is 11.5 Å². The Balaban J connectivity index is 1.59. The van der Waals surface area contributed by atoms with Gasteiger partial charge in [0.15, 0.2) is 5.76 Å². The molecule has 4 aromatic rings. The molecule has 2 atom stereocenters. The Morgan fingerprint density at radius 3 is 2.03 bits per heavy atom. The van der Waals surface area contributed by atoms with E-state index >= 15 is 0 Å². The summed E-state index contributed by atoms with van der Waals surface area (Å²) in [7, 11) is 0. The lowest BCUT2D eigenvalue weighted by Crippen LogP contribution is -2.08. The summed E-state index contributed by atoms with van der Waals surface area (Å²) in [5, 5.41) is 15.2. The van der Waals surface area contributed by atoms with E-state index in [-0.39, 0.29) is 5.92 Å². The second kappa shape index (κ2) is 8.93. The first-order chi connectivity index (χ1) is 14.6. The van der Waals surface area contributed by atoms with Gasteiger partial charge in [-0.3, -0.25) is 0 Å². The van der Waals surface area contributed by atoms with Crippen LogP contribution >= 0.6 is 0 Å². The van der Waals surface area contributed by atoms with Gasteiger partial charge in [-0.15, -0.1) is 0 Å². The van der Waals surface area contributed by atoms with E-state index in [0.717, 1.165) is 27.8 Å². The fraction of sp³-hybridized carbons (Fsp3) is 0.148. The number of aryl methyl sites for hydroxylation is 1. The van der Waals surface area contributed by atoms with Gasteiger partial charge in [0.1, 0.15) is 0 Å². The predicted molar refractivity (Wildman–Crippen MR) is 122 cm³/mol. The van der Waals surface area contributed by atoms with E-state index in [1.165, 1.54) is 0 Å². The van der Waals surface area contributed by atoms with Crippen molar-refractivity contribution in [1.29, 1.82) is 0 Å². The van der Waals surface area contributed by atoms with E-state index in [4.69, 9.17) is 4.52 Å². The Labute approximate surface area is 177 Å². The second-order valence-electron chi connectivity index (χ2n) is 7.53. The molecule has 0 radical (unpaired) electrons. The number of aliphatic hydroxyl groups excluding tert-OH is 1. The molecule has 150 valence electrons. The van der Waals surface area contributed by atoms with Crippen LogP contribution in [0.4, 0.5) is 0 Å². The zero-order valence-corrected chi connectivity index (χ0v) is 17.2. The highest BCUT2D eigenvalue weighted by atomic mass is 16.5. The van der Waals surface area contributed by atoms with Crippen molar-refractivity contribution in [2.45, 2.75) is 20.0 Å². The summed E-state index contributed by atoms with van der Waals surface area (Å²) in [5.41, 5.74) is 5.77. The van der Waals surface area contributed by atoms with Crippen LogP contribution in [0, 0.1) is 12.8 Å². The van der Waals surface area contributed by atoms with Crippen LogP contribution in [0.5, 0.6) is 0 Å². The van der Waals surface area contributed by atoms with Crippen LogP contribution in [-0.2, 0) is 0 Å². The highest BCUT2D eigenvalue weighted by Crippen LogP contribution is 2.36. The van der Waals surface area contributed by atoms with Gasteiger partial charge in [0, 0.05) is 11.5 Å². The molecule has 0 amide bonds. The summed E-state index contributed by atoms with van der Waals surface area (Å²) in [6, 6.07) is 28.5. The number of aromatic nitrogens is 1. The minimum atomic E-state index is -0.708. The first kappa shape index (κ1) is 19.9. The standard InChI is InChI=1S/C27H25NO2/c1-19(13-14-21-9-5-3-6-10-21)26(29)25-20(2)28-30-27(25)24-17-15-23(16-18-24)22-11-7-4-8-12-22/h3-19,26,29H,1-2H3/b14-13+. The lowest BCUT2D eigenvalue weighted by molar-refractivity contribution is 0.139. The molecule has 0 bridgehead atoms. The molecule has 1 aromatic heterocycles. The molecular formula is C27H25NO2. The molecule has 0 saturated heterocycles. The lowest BCUT2D eigenvalue weighted by Gasteiger charge is -2.16. The SMILES string of the molecule is Cc1noc(-c2ccc(-c3ccccc3)cc2)c1C(O)C(C)/C=C/c1ccccc1. The Kier molecular flexibility index (Phi) is 5.92. The van der Waals surface area contributed by atoms with Gasteiger partial charge < -0.3 is 9.63 Å². The number of hydrogen-bond donors (Lipinski definition) is 1. The molecule has 0 saturated carbocycles. The number of aliphatic hydroxyl groups is 1. The molecule has 3 heteroatoms. The summed E-state index contributed by atoms with van der Waals surface area (Å²) in [5.74, 6) is 0.533. The average Bonchev–Trinajstić information content (AvgIpc) is 3.19. The highest BCUT2D eigenvalue weighted by Gasteiger charge is 2.25. The zero-order chi connectivity index (χ0) is 20.9. The molecule has 0 aliphatic carbocycles. The average molecular weight is 396 g/mol. The minimum Gasteiger partial charge on any atom is -0.388 e. The van der Waals surface area contributed by atoms with Crippen molar-refractivity contribution in [1.82, 2.24) is 5.16 Å². The number of benzene rings is 3. The van der Waals surface area contributed by atoms with E-state index in [9.17, 15) is 5.11 Å². The molecule has 3 aromatic carbocycles. The smallest absolute Gasteiger partial charge is 0.172 e. The quantitative estimate of drug-likeness (QED) is 0.395. The van der Waals surface area contributed by atoms with Crippen molar-refractivity contribution < 1.29 is 9.63 Å². The Hall–Kier alpha value is -3.43. The molecule has 3 nitrogen and oxygen atoms in total. The van der Waals surface area contributed by atoms with Gasteiger partial charge in [0.25, 0.3) is 0 Å². The number of rotatable bonds is 6. The summed E-state index contributed by atoms with van der Waals surface area (Å²) in [4.78, 5) is 0. The first-order valence-electron chi connectivity index (χ1n) is 10.2. The summed E-state index contributed by atoms with van der Waals surface area (Å²) < 4.78 is 5.63. The molecule has 0 fully saturated rings. The van der Waals surface area contributed by atoms with E-state index in [1.54, 1.807) is 0 Å². The maximum atomic E-state index is 11.1. The van der Waals surface area contributed by atoms with Crippen molar-refractivity contribution in [3.8, 4) is 22.5 Å².